The quantitative estimate of drug-likeness (QED) is 0.489. The molecule has 4 fully saturated rings. The van der Waals surface area contributed by atoms with Crippen molar-refractivity contribution < 1.29 is 10.2 Å². The number of rotatable bonds is 4. The standard InChI is InChI=1S/C24H42O2.2C2H6/c1-16(25)5-4-6-17-8-10-21-20-9-7-18-15-19(26)11-13-24(18,3)22(20)12-14-23(17,21)2;2*1-2/h16-22,25-26H,4-15H2,1-3H3;2*1-2H3/t16?,17-,18?,19-,20?,21?,22?,23+,24-;;/m0../s1. The van der Waals surface area contributed by atoms with Gasteiger partial charge in [0, 0.05) is 0 Å². The molecule has 0 amide bonds. The van der Waals surface area contributed by atoms with E-state index < -0.39 is 0 Å². The van der Waals surface area contributed by atoms with Crippen molar-refractivity contribution in [1.29, 1.82) is 0 Å². The van der Waals surface area contributed by atoms with Gasteiger partial charge in [-0.3, -0.25) is 0 Å². The molecule has 0 aromatic carbocycles. The zero-order chi connectivity index (χ0) is 22.5. The van der Waals surface area contributed by atoms with E-state index in [0.717, 1.165) is 48.9 Å². The molecular weight excluding hydrogens is 368 g/mol. The summed E-state index contributed by atoms with van der Waals surface area (Å²) in [6.45, 7) is 15.2. The van der Waals surface area contributed by atoms with Crippen LogP contribution in [0.4, 0.5) is 0 Å². The molecule has 4 rings (SSSR count). The average Bonchev–Trinajstić information content (AvgIpc) is 3.08. The zero-order valence-corrected chi connectivity index (χ0v) is 21.4. The van der Waals surface area contributed by atoms with Crippen LogP contribution < -0.4 is 0 Å². The van der Waals surface area contributed by atoms with E-state index in [9.17, 15) is 10.2 Å². The van der Waals surface area contributed by atoms with E-state index in [1.807, 2.05) is 34.6 Å². The first-order chi connectivity index (χ1) is 14.3. The van der Waals surface area contributed by atoms with Gasteiger partial charge in [0.1, 0.15) is 0 Å². The topological polar surface area (TPSA) is 40.5 Å². The number of aliphatic hydroxyl groups is 2. The fraction of sp³-hybridized carbons (Fsp3) is 1.00. The van der Waals surface area contributed by atoms with E-state index in [-0.39, 0.29) is 12.2 Å². The summed E-state index contributed by atoms with van der Waals surface area (Å²) < 4.78 is 0. The van der Waals surface area contributed by atoms with Gasteiger partial charge in [0.15, 0.2) is 0 Å². The summed E-state index contributed by atoms with van der Waals surface area (Å²) in [7, 11) is 0. The smallest absolute Gasteiger partial charge is 0.0543 e. The summed E-state index contributed by atoms with van der Waals surface area (Å²) in [6.07, 6.45) is 15.3. The van der Waals surface area contributed by atoms with Crippen molar-refractivity contribution >= 4 is 0 Å². The minimum Gasteiger partial charge on any atom is -0.393 e. The van der Waals surface area contributed by atoms with E-state index in [2.05, 4.69) is 13.8 Å². The van der Waals surface area contributed by atoms with Gasteiger partial charge in [0.25, 0.3) is 0 Å². The van der Waals surface area contributed by atoms with Crippen LogP contribution in [0.2, 0.25) is 0 Å². The zero-order valence-electron chi connectivity index (χ0n) is 21.4. The number of hydrogen-bond acceptors (Lipinski definition) is 2. The van der Waals surface area contributed by atoms with Crippen molar-refractivity contribution in [1.82, 2.24) is 0 Å². The molecule has 30 heavy (non-hydrogen) atoms. The van der Waals surface area contributed by atoms with Crippen LogP contribution in [0.15, 0.2) is 0 Å². The molecular formula is C28H54O2. The van der Waals surface area contributed by atoms with Crippen molar-refractivity contribution in [2.24, 2.45) is 40.4 Å². The number of hydrogen-bond donors (Lipinski definition) is 2. The first-order valence-corrected chi connectivity index (χ1v) is 13.7. The van der Waals surface area contributed by atoms with E-state index in [1.54, 1.807) is 0 Å². The van der Waals surface area contributed by atoms with Gasteiger partial charge in [-0.05, 0) is 118 Å². The average molecular weight is 423 g/mol. The molecule has 2 nitrogen and oxygen atoms in total. The van der Waals surface area contributed by atoms with Crippen LogP contribution >= 0.6 is 0 Å². The lowest BCUT2D eigenvalue weighted by Crippen LogP contribution is -2.53. The molecule has 9 atom stereocenters. The normalized spacial score (nSPS) is 45.5. The Morgan fingerprint density at radius 1 is 0.833 bits per heavy atom. The Labute approximate surface area is 188 Å². The third-order valence-electron chi connectivity index (χ3n) is 10.0. The Bertz CT molecular complexity index is 503. The monoisotopic (exact) mass is 422 g/mol. The van der Waals surface area contributed by atoms with Gasteiger partial charge in [0.05, 0.1) is 12.2 Å². The highest BCUT2D eigenvalue weighted by Gasteiger charge is 2.59. The SMILES string of the molecule is CC.CC.CC(O)CCC[C@H]1CCC2C3CCC4C[C@@H](O)CC[C@]4(C)C3CC[C@@]21C. The largest absolute Gasteiger partial charge is 0.393 e. The van der Waals surface area contributed by atoms with Gasteiger partial charge in [-0.1, -0.05) is 48.0 Å². The van der Waals surface area contributed by atoms with Crippen molar-refractivity contribution in [2.75, 3.05) is 0 Å². The summed E-state index contributed by atoms with van der Waals surface area (Å²) in [4.78, 5) is 0. The Morgan fingerprint density at radius 2 is 1.47 bits per heavy atom. The Hall–Kier alpha value is -0.0800. The molecule has 0 heterocycles. The fourth-order valence-corrected chi connectivity index (χ4v) is 8.48. The van der Waals surface area contributed by atoms with Crippen LogP contribution in [-0.2, 0) is 0 Å². The predicted octanol–water partition coefficient (Wildman–Crippen LogP) is 7.61. The van der Waals surface area contributed by atoms with Crippen molar-refractivity contribution in [3.8, 4) is 0 Å². The Morgan fingerprint density at radius 3 is 2.13 bits per heavy atom. The molecule has 0 aromatic rings. The Balaban J connectivity index is 0.000000757. The molecule has 0 saturated heterocycles. The minimum atomic E-state index is -0.132. The van der Waals surface area contributed by atoms with Crippen molar-refractivity contribution in [3.05, 3.63) is 0 Å². The molecule has 0 aromatic heterocycles. The summed E-state index contributed by atoms with van der Waals surface area (Å²) >= 11 is 0. The molecule has 4 aliphatic carbocycles. The van der Waals surface area contributed by atoms with Crippen molar-refractivity contribution in [2.45, 2.75) is 138 Å². The van der Waals surface area contributed by atoms with Gasteiger partial charge in [-0.15, -0.1) is 0 Å². The summed E-state index contributed by atoms with van der Waals surface area (Å²) in [5.74, 6) is 4.49. The molecule has 0 radical (unpaired) electrons. The maximum atomic E-state index is 10.2. The molecule has 2 heteroatoms. The summed E-state index contributed by atoms with van der Waals surface area (Å²) in [5.41, 5.74) is 1.07. The second-order valence-electron chi connectivity index (χ2n) is 11.2. The lowest BCUT2D eigenvalue weighted by Gasteiger charge is -2.61. The molecule has 0 aliphatic heterocycles. The van der Waals surface area contributed by atoms with E-state index in [1.165, 1.54) is 57.8 Å². The third kappa shape index (κ3) is 4.95. The van der Waals surface area contributed by atoms with Gasteiger partial charge in [-0.25, -0.2) is 0 Å². The van der Waals surface area contributed by atoms with Gasteiger partial charge < -0.3 is 10.2 Å². The maximum Gasteiger partial charge on any atom is 0.0543 e. The molecule has 5 unspecified atom stereocenters. The number of aliphatic hydroxyl groups excluding tert-OH is 2. The van der Waals surface area contributed by atoms with Crippen LogP contribution in [-0.4, -0.2) is 22.4 Å². The van der Waals surface area contributed by atoms with E-state index in [4.69, 9.17) is 0 Å². The molecule has 4 saturated carbocycles. The third-order valence-corrected chi connectivity index (χ3v) is 10.0. The molecule has 4 aliphatic rings. The van der Waals surface area contributed by atoms with Gasteiger partial charge >= 0.3 is 0 Å². The summed E-state index contributed by atoms with van der Waals surface area (Å²) in [6, 6.07) is 0. The lowest BCUT2D eigenvalue weighted by atomic mass is 9.44. The van der Waals surface area contributed by atoms with Crippen molar-refractivity contribution in [3.63, 3.8) is 0 Å². The lowest BCUT2D eigenvalue weighted by molar-refractivity contribution is -0.127. The molecule has 178 valence electrons. The van der Waals surface area contributed by atoms with Gasteiger partial charge in [-0.2, -0.15) is 0 Å². The Kier molecular flexibility index (Phi) is 9.75. The second-order valence-corrected chi connectivity index (χ2v) is 11.2. The second kappa shape index (κ2) is 11.2. The van der Waals surface area contributed by atoms with Crippen LogP contribution in [0.1, 0.15) is 126 Å². The minimum absolute atomic E-state index is 0.0248. The number of fused-ring (bicyclic) bond motifs is 5. The fourth-order valence-electron chi connectivity index (χ4n) is 8.48. The van der Waals surface area contributed by atoms with Crippen LogP contribution in [0.3, 0.4) is 0 Å². The van der Waals surface area contributed by atoms with E-state index in [0.29, 0.717) is 10.8 Å². The van der Waals surface area contributed by atoms with E-state index >= 15 is 0 Å². The molecule has 2 N–H and O–H groups in total. The first kappa shape index (κ1) is 26.2. The first-order valence-electron chi connectivity index (χ1n) is 13.7. The van der Waals surface area contributed by atoms with Crippen LogP contribution in [0, 0.1) is 40.4 Å². The van der Waals surface area contributed by atoms with Crippen LogP contribution in [0.25, 0.3) is 0 Å². The highest BCUT2D eigenvalue weighted by atomic mass is 16.3. The molecule has 0 spiro atoms. The van der Waals surface area contributed by atoms with Crippen LogP contribution in [0.5, 0.6) is 0 Å². The molecule has 0 bridgehead atoms. The summed E-state index contributed by atoms with van der Waals surface area (Å²) in [5, 5.41) is 19.8. The maximum absolute atomic E-state index is 10.2. The predicted molar refractivity (Wildman–Crippen MR) is 129 cm³/mol. The highest BCUT2D eigenvalue weighted by Crippen LogP contribution is 2.67. The van der Waals surface area contributed by atoms with Gasteiger partial charge in [0.2, 0.25) is 0 Å². The highest BCUT2D eigenvalue weighted by molar-refractivity contribution is 5.09.